The fourth-order valence-electron chi connectivity index (χ4n) is 2.57. The van der Waals surface area contributed by atoms with E-state index in [1.54, 1.807) is 63.2 Å². The third kappa shape index (κ3) is 5.39. The molecule has 0 atom stereocenters. The predicted molar refractivity (Wildman–Crippen MR) is 106 cm³/mol. The topological polar surface area (TPSA) is 85.9 Å². The highest BCUT2D eigenvalue weighted by molar-refractivity contribution is 6.04. The summed E-state index contributed by atoms with van der Waals surface area (Å²) in [5, 5.41) is 5.46. The van der Waals surface area contributed by atoms with Crippen LogP contribution in [0.1, 0.15) is 37.6 Å². The van der Waals surface area contributed by atoms with Gasteiger partial charge >= 0.3 is 6.09 Å². The molecule has 2 aromatic carbocycles. The van der Waals surface area contributed by atoms with E-state index >= 15 is 0 Å². The predicted octanol–water partition coefficient (Wildman–Crippen LogP) is 4.45. The van der Waals surface area contributed by atoms with Crippen molar-refractivity contribution in [3.8, 4) is 11.5 Å². The molecule has 0 radical (unpaired) electrons. The molecular formula is C21H24N2O5. The van der Waals surface area contributed by atoms with Gasteiger partial charge in [-0.15, -0.1) is 0 Å². The molecule has 2 N–H and O–H groups in total. The first kappa shape index (κ1) is 19.5. The second-order valence-electron chi connectivity index (χ2n) is 7.37. The number of anilines is 2. The Morgan fingerprint density at radius 3 is 2.21 bits per heavy atom. The molecule has 0 saturated heterocycles. The van der Waals surface area contributed by atoms with Crippen molar-refractivity contribution in [2.24, 2.45) is 0 Å². The Morgan fingerprint density at radius 1 is 0.893 bits per heavy atom. The van der Waals surface area contributed by atoms with Crippen LogP contribution < -0.4 is 20.1 Å². The molecule has 0 unspecified atom stereocenters. The third-order valence-corrected chi connectivity index (χ3v) is 3.80. The number of hydrogen-bond donors (Lipinski definition) is 2. The van der Waals surface area contributed by atoms with E-state index in [0.29, 0.717) is 41.7 Å². The number of hydrogen-bond acceptors (Lipinski definition) is 5. The zero-order valence-corrected chi connectivity index (χ0v) is 16.2. The lowest BCUT2D eigenvalue weighted by Crippen LogP contribution is -2.27. The first-order valence-corrected chi connectivity index (χ1v) is 9.11. The van der Waals surface area contributed by atoms with Gasteiger partial charge in [0.15, 0.2) is 11.5 Å². The number of benzene rings is 2. The number of carbonyl (C=O) groups is 2. The summed E-state index contributed by atoms with van der Waals surface area (Å²) in [6, 6.07) is 11.8. The summed E-state index contributed by atoms with van der Waals surface area (Å²) >= 11 is 0. The van der Waals surface area contributed by atoms with Crippen LogP contribution >= 0.6 is 0 Å². The normalized spacial score (nSPS) is 13.2. The Kier molecular flexibility index (Phi) is 5.73. The second-order valence-corrected chi connectivity index (χ2v) is 7.37. The first-order valence-electron chi connectivity index (χ1n) is 9.11. The molecule has 0 bridgehead atoms. The van der Waals surface area contributed by atoms with Crippen LogP contribution in [0.25, 0.3) is 0 Å². The number of rotatable bonds is 3. The Morgan fingerprint density at radius 2 is 1.54 bits per heavy atom. The van der Waals surface area contributed by atoms with Gasteiger partial charge in [0.1, 0.15) is 5.60 Å². The van der Waals surface area contributed by atoms with Gasteiger partial charge in [-0.05, 0) is 57.2 Å². The minimum Gasteiger partial charge on any atom is -0.490 e. The van der Waals surface area contributed by atoms with Crippen LogP contribution in [-0.2, 0) is 4.74 Å². The molecule has 0 aliphatic carbocycles. The van der Waals surface area contributed by atoms with E-state index in [9.17, 15) is 9.59 Å². The van der Waals surface area contributed by atoms with Crippen LogP contribution in [0, 0.1) is 0 Å². The summed E-state index contributed by atoms with van der Waals surface area (Å²) in [4.78, 5) is 24.3. The lowest BCUT2D eigenvalue weighted by atomic mass is 10.2. The Hall–Kier alpha value is -3.22. The molecule has 28 heavy (non-hydrogen) atoms. The molecule has 7 nitrogen and oxygen atoms in total. The van der Waals surface area contributed by atoms with Crippen LogP contribution in [0.3, 0.4) is 0 Å². The minimum atomic E-state index is -0.577. The highest BCUT2D eigenvalue weighted by atomic mass is 16.6. The van der Waals surface area contributed by atoms with Crippen molar-refractivity contribution in [3.63, 3.8) is 0 Å². The van der Waals surface area contributed by atoms with E-state index in [2.05, 4.69) is 10.6 Å². The number of fused-ring (bicyclic) bond motifs is 1. The first-order chi connectivity index (χ1) is 13.3. The fourth-order valence-corrected chi connectivity index (χ4v) is 2.57. The van der Waals surface area contributed by atoms with Crippen molar-refractivity contribution < 1.29 is 23.8 Å². The van der Waals surface area contributed by atoms with E-state index in [0.717, 1.165) is 6.42 Å². The fraction of sp³-hybridized carbons (Fsp3) is 0.333. The standard InChI is InChI=1S/C21H24N2O5/c1-21(2,3)28-20(25)23-15-7-5-14(6-8-15)19(24)22-16-9-10-17-18(13-16)27-12-4-11-26-17/h5-10,13H,4,11-12H2,1-3H3,(H,22,24)(H,23,25). The van der Waals surface area contributed by atoms with Gasteiger partial charge in [0, 0.05) is 29.4 Å². The van der Waals surface area contributed by atoms with Gasteiger partial charge in [-0.1, -0.05) is 0 Å². The summed E-state index contributed by atoms with van der Waals surface area (Å²) < 4.78 is 16.4. The SMILES string of the molecule is CC(C)(C)OC(=O)Nc1ccc(C(=O)Nc2ccc3c(c2)OCCCO3)cc1. The van der Waals surface area contributed by atoms with Crippen molar-refractivity contribution in [3.05, 3.63) is 48.0 Å². The Labute approximate surface area is 164 Å². The highest BCUT2D eigenvalue weighted by Crippen LogP contribution is 2.32. The van der Waals surface area contributed by atoms with Crippen molar-refractivity contribution in [2.75, 3.05) is 23.8 Å². The van der Waals surface area contributed by atoms with Crippen LogP contribution in [0.2, 0.25) is 0 Å². The minimum absolute atomic E-state index is 0.265. The smallest absolute Gasteiger partial charge is 0.412 e. The average molecular weight is 384 g/mol. The van der Waals surface area contributed by atoms with Crippen LogP contribution in [0.4, 0.5) is 16.2 Å². The summed E-state index contributed by atoms with van der Waals surface area (Å²) in [5.41, 5.74) is 1.04. The monoisotopic (exact) mass is 384 g/mol. The maximum Gasteiger partial charge on any atom is 0.412 e. The average Bonchev–Trinajstić information content (AvgIpc) is 2.85. The molecule has 1 aliphatic rings. The summed E-state index contributed by atoms with van der Waals surface area (Å²) in [7, 11) is 0. The summed E-state index contributed by atoms with van der Waals surface area (Å²) in [6.07, 6.45) is 0.275. The molecule has 0 fully saturated rings. The Balaban J connectivity index is 1.62. The lowest BCUT2D eigenvalue weighted by molar-refractivity contribution is 0.0636. The number of carbonyl (C=O) groups excluding carboxylic acids is 2. The van der Waals surface area contributed by atoms with E-state index < -0.39 is 11.7 Å². The van der Waals surface area contributed by atoms with E-state index in [1.807, 2.05) is 0 Å². The second kappa shape index (κ2) is 8.21. The molecule has 7 heteroatoms. The number of amides is 2. The summed E-state index contributed by atoms with van der Waals surface area (Å²) in [6.45, 7) is 6.57. The van der Waals surface area contributed by atoms with Gasteiger partial charge < -0.3 is 19.5 Å². The van der Waals surface area contributed by atoms with E-state index in [-0.39, 0.29) is 5.91 Å². The largest absolute Gasteiger partial charge is 0.490 e. The number of nitrogens with one attached hydrogen (secondary N) is 2. The van der Waals surface area contributed by atoms with Crippen LogP contribution in [-0.4, -0.2) is 30.8 Å². The van der Waals surface area contributed by atoms with Crippen molar-refractivity contribution >= 4 is 23.4 Å². The van der Waals surface area contributed by atoms with Crippen molar-refractivity contribution in [2.45, 2.75) is 32.8 Å². The zero-order valence-electron chi connectivity index (χ0n) is 16.2. The molecule has 2 amide bonds. The van der Waals surface area contributed by atoms with Gasteiger partial charge in [0.2, 0.25) is 0 Å². The highest BCUT2D eigenvalue weighted by Gasteiger charge is 2.16. The molecule has 3 rings (SSSR count). The molecule has 2 aromatic rings. The van der Waals surface area contributed by atoms with E-state index in [1.165, 1.54) is 0 Å². The maximum absolute atomic E-state index is 12.5. The Bertz CT molecular complexity index is 856. The van der Waals surface area contributed by atoms with Gasteiger partial charge in [0.25, 0.3) is 5.91 Å². The van der Waals surface area contributed by atoms with Gasteiger partial charge in [-0.25, -0.2) is 4.79 Å². The molecule has 148 valence electrons. The quantitative estimate of drug-likeness (QED) is 0.817. The molecule has 1 aliphatic heterocycles. The maximum atomic E-state index is 12.5. The molecule has 0 aromatic heterocycles. The lowest BCUT2D eigenvalue weighted by Gasteiger charge is -2.19. The molecule has 0 saturated carbocycles. The van der Waals surface area contributed by atoms with Crippen LogP contribution in [0.5, 0.6) is 11.5 Å². The van der Waals surface area contributed by atoms with Gasteiger partial charge in [0.05, 0.1) is 13.2 Å². The van der Waals surface area contributed by atoms with Crippen molar-refractivity contribution in [1.29, 1.82) is 0 Å². The van der Waals surface area contributed by atoms with E-state index in [4.69, 9.17) is 14.2 Å². The number of ether oxygens (including phenoxy) is 3. The zero-order chi connectivity index (χ0) is 20.1. The van der Waals surface area contributed by atoms with Crippen LogP contribution in [0.15, 0.2) is 42.5 Å². The molecular weight excluding hydrogens is 360 g/mol. The summed E-state index contributed by atoms with van der Waals surface area (Å²) in [5.74, 6) is 1.03. The molecule has 1 heterocycles. The van der Waals surface area contributed by atoms with Gasteiger partial charge in [-0.2, -0.15) is 0 Å². The van der Waals surface area contributed by atoms with Crippen molar-refractivity contribution in [1.82, 2.24) is 0 Å². The molecule has 0 spiro atoms. The van der Waals surface area contributed by atoms with Gasteiger partial charge in [-0.3, -0.25) is 10.1 Å². The third-order valence-electron chi connectivity index (χ3n) is 3.80.